The van der Waals surface area contributed by atoms with Gasteiger partial charge in [-0.3, -0.25) is 0 Å². The third-order valence-corrected chi connectivity index (χ3v) is 3.15. The summed E-state index contributed by atoms with van der Waals surface area (Å²) in [6.45, 7) is 7.49. The molecular formula is C9H24O4S2. The van der Waals surface area contributed by atoms with E-state index in [0.29, 0.717) is 0 Å². The Morgan fingerprint density at radius 1 is 0.667 bits per heavy atom. The van der Waals surface area contributed by atoms with Crippen LogP contribution in [0, 0.1) is 0 Å². The van der Waals surface area contributed by atoms with Crippen LogP contribution < -0.4 is 0 Å². The lowest BCUT2D eigenvalue weighted by Gasteiger charge is -1.81. The topological polar surface area (TPSA) is 68.3 Å². The summed E-state index contributed by atoms with van der Waals surface area (Å²) < 4.78 is 40.0. The molecule has 0 aromatic heterocycles. The van der Waals surface area contributed by atoms with Crippen molar-refractivity contribution >= 4 is 19.7 Å². The van der Waals surface area contributed by atoms with E-state index in [1.54, 1.807) is 13.8 Å². The summed E-state index contributed by atoms with van der Waals surface area (Å²) in [5.41, 5.74) is 0. The molecule has 0 radical (unpaired) electrons. The molecule has 0 aliphatic heterocycles. The van der Waals surface area contributed by atoms with Crippen LogP contribution in [0.5, 0.6) is 0 Å². The fourth-order valence-electron chi connectivity index (χ4n) is 0. The van der Waals surface area contributed by atoms with Gasteiger partial charge in [0.05, 0.1) is 0 Å². The number of rotatable bonds is 2. The van der Waals surface area contributed by atoms with Crippen molar-refractivity contribution in [3.8, 4) is 0 Å². The Hall–Kier alpha value is -0.100. The van der Waals surface area contributed by atoms with E-state index >= 15 is 0 Å². The van der Waals surface area contributed by atoms with E-state index in [9.17, 15) is 16.8 Å². The standard InChI is InChI=1S/2C3H8O2S.C3H8/c2*1-3-6(2,4)5;1-3-2/h2*3H2,1-2H3;3H2,1-2H3. The molecule has 0 aromatic carbocycles. The lowest BCUT2D eigenvalue weighted by molar-refractivity contribution is 0.601. The van der Waals surface area contributed by atoms with Gasteiger partial charge >= 0.3 is 0 Å². The van der Waals surface area contributed by atoms with Crippen LogP contribution >= 0.6 is 0 Å². The van der Waals surface area contributed by atoms with E-state index in [1.165, 1.54) is 18.9 Å². The molecule has 0 aromatic rings. The maximum absolute atomic E-state index is 10.0. The zero-order chi connectivity index (χ0) is 13.1. The van der Waals surface area contributed by atoms with E-state index in [-0.39, 0.29) is 11.5 Å². The van der Waals surface area contributed by atoms with Gasteiger partial charge in [-0.15, -0.1) is 0 Å². The van der Waals surface area contributed by atoms with Gasteiger partial charge < -0.3 is 0 Å². The van der Waals surface area contributed by atoms with Gasteiger partial charge in [0.2, 0.25) is 0 Å². The third-order valence-electron chi connectivity index (χ3n) is 1.05. The molecule has 15 heavy (non-hydrogen) atoms. The van der Waals surface area contributed by atoms with Crippen LogP contribution in [0.25, 0.3) is 0 Å². The Morgan fingerprint density at radius 2 is 0.733 bits per heavy atom. The lowest BCUT2D eigenvalue weighted by Crippen LogP contribution is -1.96. The van der Waals surface area contributed by atoms with Gasteiger partial charge in [0.25, 0.3) is 0 Å². The van der Waals surface area contributed by atoms with E-state index < -0.39 is 19.7 Å². The molecule has 0 atom stereocenters. The summed E-state index contributed by atoms with van der Waals surface area (Å²) in [7, 11) is -5.32. The predicted octanol–water partition coefficient (Wildman–Crippen LogP) is 1.52. The molecule has 0 fully saturated rings. The summed E-state index contributed by atoms with van der Waals surface area (Å²) >= 11 is 0. The third kappa shape index (κ3) is 56.5. The van der Waals surface area contributed by atoms with Gasteiger partial charge in [-0.2, -0.15) is 0 Å². The van der Waals surface area contributed by atoms with Crippen LogP contribution in [0.2, 0.25) is 0 Å². The molecule has 6 heteroatoms. The van der Waals surface area contributed by atoms with E-state index in [2.05, 4.69) is 13.8 Å². The Kier molecular flexibility index (Phi) is 14.1. The van der Waals surface area contributed by atoms with Crippen molar-refractivity contribution in [2.24, 2.45) is 0 Å². The molecule has 0 amide bonds. The molecule has 4 nitrogen and oxygen atoms in total. The number of sulfone groups is 2. The van der Waals surface area contributed by atoms with Gasteiger partial charge in [-0.05, 0) is 0 Å². The average Bonchev–Trinajstić information content (AvgIpc) is 2.04. The highest BCUT2D eigenvalue weighted by Crippen LogP contribution is 1.75. The molecule has 96 valence electrons. The van der Waals surface area contributed by atoms with Crippen molar-refractivity contribution < 1.29 is 16.8 Å². The van der Waals surface area contributed by atoms with Crippen molar-refractivity contribution in [1.29, 1.82) is 0 Å². The molecular weight excluding hydrogens is 236 g/mol. The quantitative estimate of drug-likeness (QED) is 0.755. The fourth-order valence-corrected chi connectivity index (χ4v) is 0. The van der Waals surface area contributed by atoms with Gasteiger partial charge in [0.1, 0.15) is 19.7 Å². The van der Waals surface area contributed by atoms with Crippen LogP contribution in [-0.2, 0) is 19.7 Å². The van der Waals surface area contributed by atoms with E-state index in [1.807, 2.05) is 0 Å². The Morgan fingerprint density at radius 3 is 0.733 bits per heavy atom. The molecule has 0 saturated heterocycles. The summed E-state index contributed by atoms with van der Waals surface area (Å²) in [6.07, 6.45) is 3.68. The summed E-state index contributed by atoms with van der Waals surface area (Å²) in [4.78, 5) is 0. The van der Waals surface area contributed by atoms with E-state index in [4.69, 9.17) is 0 Å². The van der Waals surface area contributed by atoms with Crippen molar-refractivity contribution in [3.05, 3.63) is 0 Å². The molecule has 0 aliphatic rings. The van der Waals surface area contributed by atoms with Crippen molar-refractivity contribution in [2.45, 2.75) is 34.1 Å². The van der Waals surface area contributed by atoms with Crippen LogP contribution in [0.3, 0.4) is 0 Å². The second-order valence-corrected chi connectivity index (χ2v) is 7.99. The monoisotopic (exact) mass is 260 g/mol. The molecule has 0 aliphatic carbocycles. The SMILES string of the molecule is CCC.CCS(C)(=O)=O.CCS(C)(=O)=O. The van der Waals surface area contributed by atoms with E-state index in [0.717, 1.165) is 0 Å². The Bertz CT molecular complexity index is 269. The zero-order valence-corrected chi connectivity index (χ0v) is 12.2. The van der Waals surface area contributed by atoms with Gasteiger partial charge in [0, 0.05) is 24.0 Å². The van der Waals surface area contributed by atoms with Crippen LogP contribution in [0.1, 0.15) is 34.1 Å². The minimum absolute atomic E-state index is 0.243. The van der Waals surface area contributed by atoms with Crippen molar-refractivity contribution in [2.75, 3.05) is 24.0 Å². The maximum Gasteiger partial charge on any atom is 0.147 e. The predicted molar refractivity (Wildman–Crippen MR) is 66.7 cm³/mol. The Balaban J connectivity index is -0.000000153. The first-order valence-corrected chi connectivity index (χ1v) is 9.01. The van der Waals surface area contributed by atoms with Crippen LogP contribution in [-0.4, -0.2) is 40.9 Å². The minimum Gasteiger partial charge on any atom is -0.229 e. The number of hydrogen-bond donors (Lipinski definition) is 0. The summed E-state index contributed by atoms with van der Waals surface area (Å²) in [6, 6.07) is 0. The van der Waals surface area contributed by atoms with Gasteiger partial charge in [-0.1, -0.05) is 34.1 Å². The first-order chi connectivity index (χ1) is 6.54. The van der Waals surface area contributed by atoms with Crippen molar-refractivity contribution in [1.82, 2.24) is 0 Å². The second-order valence-electron chi connectivity index (χ2n) is 3.14. The molecule has 0 unspecified atom stereocenters. The van der Waals surface area contributed by atoms with Crippen molar-refractivity contribution in [3.63, 3.8) is 0 Å². The first-order valence-electron chi connectivity index (χ1n) is 4.89. The number of hydrogen-bond acceptors (Lipinski definition) is 4. The lowest BCUT2D eigenvalue weighted by atomic mass is 10.6. The summed E-state index contributed by atoms with van der Waals surface area (Å²) in [5, 5.41) is 0. The molecule has 0 N–H and O–H groups in total. The average molecular weight is 260 g/mol. The highest BCUT2D eigenvalue weighted by molar-refractivity contribution is 7.90. The zero-order valence-electron chi connectivity index (χ0n) is 10.6. The molecule has 0 saturated carbocycles. The highest BCUT2D eigenvalue weighted by atomic mass is 32.2. The smallest absolute Gasteiger partial charge is 0.147 e. The maximum atomic E-state index is 10.0. The molecule has 0 bridgehead atoms. The minimum atomic E-state index is -2.66. The normalized spacial score (nSPS) is 10.5. The Labute approximate surface area is 94.9 Å². The van der Waals surface area contributed by atoms with Crippen LogP contribution in [0.4, 0.5) is 0 Å². The summed E-state index contributed by atoms with van der Waals surface area (Å²) in [5.74, 6) is 0.486. The molecule has 0 rings (SSSR count). The van der Waals surface area contributed by atoms with Gasteiger partial charge in [-0.25, -0.2) is 16.8 Å². The molecule has 0 heterocycles. The second kappa shape index (κ2) is 10.4. The largest absolute Gasteiger partial charge is 0.229 e. The van der Waals surface area contributed by atoms with Gasteiger partial charge in [0.15, 0.2) is 0 Å². The fraction of sp³-hybridized carbons (Fsp3) is 1.00. The highest BCUT2D eigenvalue weighted by Gasteiger charge is 1.91. The molecule has 0 spiro atoms. The first kappa shape index (κ1) is 20.3. The van der Waals surface area contributed by atoms with Crippen LogP contribution in [0.15, 0.2) is 0 Å².